The number of hydrogen-bond acceptors (Lipinski definition) is 2. The van der Waals surface area contributed by atoms with Crippen LogP contribution in [0.2, 0.25) is 0 Å². The molecule has 0 atom stereocenters. The summed E-state index contributed by atoms with van der Waals surface area (Å²) < 4.78 is 5.32. The molecule has 1 aromatic rings. The third-order valence-corrected chi connectivity index (χ3v) is 3.61. The Bertz CT molecular complexity index is 281. The molecule has 0 aromatic carbocycles. The van der Waals surface area contributed by atoms with Gasteiger partial charge < -0.3 is 9.52 Å². The quantitative estimate of drug-likeness (QED) is 0.825. The molecule has 0 amide bonds. The predicted molar refractivity (Wildman–Crippen MR) is 59.5 cm³/mol. The maximum absolute atomic E-state index is 10.4. The smallest absolute Gasteiger partial charge is 0.135 e. The van der Waals surface area contributed by atoms with Gasteiger partial charge in [0.25, 0.3) is 0 Å². The zero-order valence-electron chi connectivity index (χ0n) is 9.41. The van der Waals surface area contributed by atoms with Crippen LogP contribution in [0.15, 0.2) is 22.8 Å². The van der Waals surface area contributed by atoms with Crippen molar-refractivity contribution in [3.63, 3.8) is 0 Å². The van der Waals surface area contributed by atoms with E-state index in [1.54, 1.807) is 6.26 Å². The summed E-state index contributed by atoms with van der Waals surface area (Å²) in [6, 6.07) is 3.74. The molecular weight excluding hydrogens is 188 g/mol. The minimum absolute atomic E-state index is 0.687. The Labute approximate surface area is 91.3 Å². The highest BCUT2D eigenvalue weighted by Crippen LogP contribution is 2.40. The lowest BCUT2D eigenvalue weighted by Gasteiger charge is -2.34. The molecule has 0 saturated heterocycles. The molecule has 0 bridgehead atoms. The summed E-state index contributed by atoms with van der Waals surface area (Å²) in [4.78, 5) is 0. The van der Waals surface area contributed by atoms with Gasteiger partial charge in [-0.25, -0.2) is 0 Å². The molecule has 2 heteroatoms. The molecule has 1 aliphatic rings. The second-order valence-corrected chi connectivity index (χ2v) is 4.74. The van der Waals surface area contributed by atoms with Gasteiger partial charge in [-0.2, -0.15) is 0 Å². The fraction of sp³-hybridized carbons (Fsp3) is 0.692. The van der Waals surface area contributed by atoms with Crippen molar-refractivity contribution in [1.29, 1.82) is 0 Å². The van der Waals surface area contributed by atoms with Gasteiger partial charge >= 0.3 is 0 Å². The molecule has 1 heterocycles. The third kappa shape index (κ3) is 2.25. The first-order chi connectivity index (χ1) is 7.24. The van der Waals surface area contributed by atoms with E-state index in [9.17, 15) is 5.11 Å². The molecule has 1 fully saturated rings. The minimum Gasteiger partial charge on any atom is -0.466 e. The Morgan fingerprint density at radius 2 is 2.20 bits per heavy atom. The zero-order valence-corrected chi connectivity index (χ0v) is 9.41. The van der Waals surface area contributed by atoms with Gasteiger partial charge in [0.2, 0.25) is 0 Å². The molecule has 0 spiro atoms. The maximum atomic E-state index is 10.4. The summed E-state index contributed by atoms with van der Waals surface area (Å²) >= 11 is 0. The van der Waals surface area contributed by atoms with Crippen molar-refractivity contribution in [2.24, 2.45) is 5.92 Å². The maximum Gasteiger partial charge on any atom is 0.135 e. The Morgan fingerprint density at radius 1 is 1.47 bits per heavy atom. The standard InChI is InChI=1S/C13H20O2/c1-2-4-11-6-8-13(14,9-7-11)12-5-3-10-15-12/h3,5,10-11,14H,2,4,6-9H2,1H3. The first kappa shape index (κ1) is 10.7. The Morgan fingerprint density at radius 3 is 2.73 bits per heavy atom. The Balaban J connectivity index is 1.97. The van der Waals surface area contributed by atoms with Crippen LogP contribution < -0.4 is 0 Å². The van der Waals surface area contributed by atoms with Crippen LogP contribution in [0, 0.1) is 5.92 Å². The van der Waals surface area contributed by atoms with Crippen LogP contribution in [-0.4, -0.2) is 5.11 Å². The molecular formula is C13H20O2. The van der Waals surface area contributed by atoms with Gasteiger partial charge in [-0.1, -0.05) is 19.8 Å². The fourth-order valence-corrected chi connectivity index (χ4v) is 2.64. The summed E-state index contributed by atoms with van der Waals surface area (Å²) in [6.45, 7) is 2.23. The summed E-state index contributed by atoms with van der Waals surface area (Å²) in [5, 5.41) is 10.4. The predicted octanol–water partition coefficient (Wildman–Crippen LogP) is 3.46. The van der Waals surface area contributed by atoms with Crippen molar-refractivity contribution in [1.82, 2.24) is 0 Å². The average Bonchev–Trinajstić information content (AvgIpc) is 2.76. The molecule has 2 nitrogen and oxygen atoms in total. The third-order valence-electron chi connectivity index (χ3n) is 3.61. The molecule has 0 unspecified atom stereocenters. The van der Waals surface area contributed by atoms with Crippen molar-refractivity contribution < 1.29 is 9.52 Å². The molecule has 1 aliphatic carbocycles. The van der Waals surface area contributed by atoms with Crippen LogP contribution >= 0.6 is 0 Å². The Hall–Kier alpha value is -0.760. The molecule has 2 rings (SSSR count). The largest absolute Gasteiger partial charge is 0.466 e. The van der Waals surface area contributed by atoms with E-state index in [4.69, 9.17) is 4.42 Å². The molecule has 84 valence electrons. The molecule has 1 saturated carbocycles. The van der Waals surface area contributed by atoms with Crippen LogP contribution in [0.4, 0.5) is 0 Å². The second kappa shape index (κ2) is 4.40. The van der Waals surface area contributed by atoms with Crippen LogP contribution in [0.3, 0.4) is 0 Å². The van der Waals surface area contributed by atoms with E-state index in [1.807, 2.05) is 12.1 Å². The summed E-state index contributed by atoms with van der Waals surface area (Å²) in [5.41, 5.74) is -0.687. The van der Waals surface area contributed by atoms with E-state index < -0.39 is 5.60 Å². The zero-order chi connectivity index (χ0) is 10.7. The highest BCUT2D eigenvalue weighted by atomic mass is 16.4. The van der Waals surface area contributed by atoms with E-state index in [2.05, 4.69) is 6.92 Å². The van der Waals surface area contributed by atoms with Crippen molar-refractivity contribution in [3.05, 3.63) is 24.2 Å². The molecule has 15 heavy (non-hydrogen) atoms. The number of rotatable bonds is 3. The normalized spacial score (nSPS) is 31.7. The number of aliphatic hydroxyl groups is 1. The van der Waals surface area contributed by atoms with Crippen molar-refractivity contribution >= 4 is 0 Å². The van der Waals surface area contributed by atoms with Crippen LogP contribution in [-0.2, 0) is 5.60 Å². The Kier molecular flexibility index (Phi) is 3.15. The lowest BCUT2D eigenvalue weighted by Crippen LogP contribution is -2.31. The van der Waals surface area contributed by atoms with Crippen molar-refractivity contribution in [2.75, 3.05) is 0 Å². The number of furan rings is 1. The SMILES string of the molecule is CCCC1CCC(O)(c2ccco2)CC1. The summed E-state index contributed by atoms with van der Waals surface area (Å²) in [6.07, 6.45) is 8.16. The minimum atomic E-state index is -0.687. The van der Waals surface area contributed by atoms with E-state index in [-0.39, 0.29) is 0 Å². The van der Waals surface area contributed by atoms with Gasteiger partial charge in [-0.05, 0) is 43.7 Å². The van der Waals surface area contributed by atoms with Gasteiger partial charge in [0.15, 0.2) is 0 Å². The topological polar surface area (TPSA) is 33.4 Å². The van der Waals surface area contributed by atoms with Gasteiger partial charge in [0.1, 0.15) is 11.4 Å². The lowest BCUT2D eigenvalue weighted by molar-refractivity contribution is -0.0328. The van der Waals surface area contributed by atoms with Crippen LogP contribution in [0.25, 0.3) is 0 Å². The summed E-state index contributed by atoms with van der Waals surface area (Å²) in [5.74, 6) is 1.56. The average molecular weight is 208 g/mol. The van der Waals surface area contributed by atoms with Crippen LogP contribution in [0.1, 0.15) is 51.2 Å². The monoisotopic (exact) mass is 208 g/mol. The first-order valence-corrected chi connectivity index (χ1v) is 6.01. The van der Waals surface area contributed by atoms with Crippen molar-refractivity contribution in [2.45, 2.75) is 51.0 Å². The molecule has 1 aromatic heterocycles. The van der Waals surface area contributed by atoms with E-state index in [0.29, 0.717) is 0 Å². The highest BCUT2D eigenvalue weighted by molar-refractivity contribution is 5.10. The van der Waals surface area contributed by atoms with Crippen molar-refractivity contribution in [3.8, 4) is 0 Å². The van der Waals surface area contributed by atoms with Gasteiger partial charge in [-0.15, -0.1) is 0 Å². The molecule has 1 N–H and O–H groups in total. The van der Waals surface area contributed by atoms with Gasteiger partial charge in [0, 0.05) is 0 Å². The first-order valence-electron chi connectivity index (χ1n) is 6.01. The lowest BCUT2D eigenvalue weighted by atomic mass is 9.76. The van der Waals surface area contributed by atoms with Crippen LogP contribution in [0.5, 0.6) is 0 Å². The second-order valence-electron chi connectivity index (χ2n) is 4.74. The summed E-state index contributed by atoms with van der Waals surface area (Å²) in [7, 11) is 0. The highest BCUT2D eigenvalue weighted by Gasteiger charge is 2.36. The van der Waals surface area contributed by atoms with E-state index in [1.165, 1.54) is 12.8 Å². The van der Waals surface area contributed by atoms with E-state index in [0.717, 1.165) is 37.4 Å². The van der Waals surface area contributed by atoms with Gasteiger partial charge in [0.05, 0.1) is 6.26 Å². The molecule has 0 aliphatic heterocycles. The molecule has 0 radical (unpaired) electrons. The van der Waals surface area contributed by atoms with Gasteiger partial charge in [-0.3, -0.25) is 0 Å². The number of hydrogen-bond donors (Lipinski definition) is 1. The van der Waals surface area contributed by atoms with E-state index >= 15 is 0 Å². The fourth-order valence-electron chi connectivity index (χ4n) is 2.64.